The molecule has 174 valence electrons. The van der Waals surface area contributed by atoms with Gasteiger partial charge in [-0.3, -0.25) is 9.59 Å². The van der Waals surface area contributed by atoms with Gasteiger partial charge in [0.1, 0.15) is 23.2 Å². The van der Waals surface area contributed by atoms with Gasteiger partial charge in [0.05, 0.1) is 10.5 Å². The number of amides is 2. The number of hydrogen-bond donors (Lipinski definition) is 1. The second-order valence-corrected chi connectivity index (χ2v) is 9.36. The number of nitrogens with two attached hydrogens (primary N) is 1. The second kappa shape index (κ2) is 10.1. The summed E-state index contributed by atoms with van der Waals surface area (Å²) < 4.78 is 5.57. The maximum atomic E-state index is 13.3. The summed E-state index contributed by atoms with van der Waals surface area (Å²) in [7, 11) is 0. The van der Waals surface area contributed by atoms with Crippen LogP contribution in [-0.2, 0) is 16.1 Å². The fourth-order valence-corrected chi connectivity index (χ4v) is 5.15. The summed E-state index contributed by atoms with van der Waals surface area (Å²) in [4.78, 5) is 37.9. The SMILES string of the molecule is CCCC1C(=O)N(Cc2ccc3c(N)ncnc3c2)CCN1C(=O)COc1scc(Cl)c1Cl. The molecule has 1 saturated heterocycles. The molecular weight excluding hydrogens is 485 g/mol. The Morgan fingerprint density at radius 3 is 2.85 bits per heavy atom. The Labute approximate surface area is 205 Å². The number of thiophene rings is 1. The maximum Gasteiger partial charge on any atom is 0.261 e. The Kier molecular flexibility index (Phi) is 7.21. The van der Waals surface area contributed by atoms with E-state index in [-0.39, 0.29) is 18.4 Å². The zero-order valence-electron chi connectivity index (χ0n) is 18.0. The first-order valence-electron chi connectivity index (χ1n) is 10.5. The van der Waals surface area contributed by atoms with Gasteiger partial charge in [0.25, 0.3) is 5.91 Å². The van der Waals surface area contributed by atoms with Crippen LogP contribution in [0, 0.1) is 0 Å². The van der Waals surface area contributed by atoms with E-state index >= 15 is 0 Å². The molecule has 3 heterocycles. The van der Waals surface area contributed by atoms with E-state index in [0.29, 0.717) is 47.0 Å². The van der Waals surface area contributed by atoms with Crippen LogP contribution in [-0.4, -0.2) is 57.3 Å². The third kappa shape index (κ3) is 5.00. The predicted octanol–water partition coefficient (Wildman–Crippen LogP) is 4.00. The molecule has 1 aliphatic heterocycles. The summed E-state index contributed by atoms with van der Waals surface area (Å²) >= 11 is 13.2. The van der Waals surface area contributed by atoms with Crippen LogP contribution >= 0.6 is 34.5 Å². The van der Waals surface area contributed by atoms with Crippen molar-refractivity contribution in [2.75, 3.05) is 25.4 Å². The largest absolute Gasteiger partial charge is 0.473 e. The van der Waals surface area contributed by atoms with Crippen molar-refractivity contribution in [1.82, 2.24) is 19.8 Å². The quantitative estimate of drug-likeness (QED) is 0.518. The number of benzene rings is 1. The number of aromatic nitrogens is 2. The van der Waals surface area contributed by atoms with Crippen LogP contribution in [0.4, 0.5) is 5.82 Å². The molecule has 2 N–H and O–H groups in total. The number of hydrogen-bond acceptors (Lipinski definition) is 7. The van der Waals surface area contributed by atoms with Crippen molar-refractivity contribution >= 4 is 63.1 Å². The molecule has 8 nitrogen and oxygen atoms in total. The highest BCUT2D eigenvalue weighted by Gasteiger charge is 2.37. The summed E-state index contributed by atoms with van der Waals surface area (Å²) in [6.45, 7) is 3.09. The van der Waals surface area contributed by atoms with Crippen LogP contribution in [0.2, 0.25) is 10.0 Å². The van der Waals surface area contributed by atoms with Gasteiger partial charge in [0.2, 0.25) is 5.91 Å². The van der Waals surface area contributed by atoms with E-state index in [1.165, 1.54) is 17.7 Å². The molecule has 0 spiro atoms. The lowest BCUT2D eigenvalue weighted by Gasteiger charge is -2.40. The summed E-state index contributed by atoms with van der Waals surface area (Å²) in [6, 6.07) is 5.18. The maximum absolute atomic E-state index is 13.3. The summed E-state index contributed by atoms with van der Waals surface area (Å²) in [5.74, 6) is 0.0990. The first-order valence-corrected chi connectivity index (χ1v) is 12.1. The predicted molar refractivity (Wildman–Crippen MR) is 130 cm³/mol. The Morgan fingerprint density at radius 2 is 2.12 bits per heavy atom. The minimum Gasteiger partial charge on any atom is -0.473 e. The third-order valence-electron chi connectivity index (χ3n) is 5.56. The fraction of sp³-hybridized carbons (Fsp3) is 0.364. The highest BCUT2D eigenvalue weighted by molar-refractivity contribution is 7.13. The fourth-order valence-electron chi connectivity index (χ4n) is 3.90. The molecule has 0 aliphatic carbocycles. The van der Waals surface area contributed by atoms with Gasteiger partial charge in [-0.15, -0.1) is 11.3 Å². The normalized spacial score (nSPS) is 16.5. The van der Waals surface area contributed by atoms with Crippen molar-refractivity contribution in [1.29, 1.82) is 0 Å². The molecule has 0 bridgehead atoms. The molecule has 3 aromatic rings. The molecule has 2 amide bonds. The van der Waals surface area contributed by atoms with Crippen molar-refractivity contribution in [3.05, 3.63) is 45.5 Å². The van der Waals surface area contributed by atoms with E-state index < -0.39 is 6.04 Å². The number of nitrogen functional groups attached to an aromatic ring is 1. The molecule has 11 heteroatoms. The molecule has 4 rings (SSSR count). The van der Waals surface area contributed by atoms with Gasteiger partial charge in [-0.2, -0.15) is 0 Å². The number of nitrogens with zero attached hydrogens (tertiary/aromatic N) is 4. The van der Waals surface area contributed by atoms with Crippen LogP contribution in [0.5, 0.6) is 5.06 Å². The van der Waals surface area contributed by atoms with Gasteiger partial charge in [-0.1, -0.05) is 42.6 Å². The first kappa shape index (κ1) is 23.5. The van der Waals surface area contributed by atoms with E-state index in [1.54, 1.807) is 15.2 Å². The smallest absolute Gasteiger partial charge is 0.261 e. The Bertz CT molecular complexity index is 1190. The highest BCUT2D eigenvalue weighted by atomic mass is 35.5. The van der Waals surface area contributed by atoms with Crippen molar-refractivity contribution in [3.63, 3.8) is 0 Å². The molecule has 1 aromatic carbocycles. The number of ether oxygens (including phenoxy) is 1. The zero-order valence-corrected chi connectivity index (χ0v) is 20.3. The van der Waals surface area contributed by atoms with Crippen LogP contribution < -0.4 is 10.5 Å². The molecule has 0 radical (unpaired) electrons. The lowest BCUT2D eigenvalue weighted by molar-refractivity contribution is -0.153. The molecular formula is C22H23Cl2N5O3S. The summed E-state index contributed by atoms with van der Waals surface area (Å²) in [5.41, 5.74) is 7.58. The number of piperazine rings is 1. The zero-order chi connectivity index (χ0) is 23.5. The van der Waals surface area contributed by atoms with E-state index in [0.717, 1.165) is 22.9 Å². The molecule has 2 aromatic heterocycles. The van der Waals surface area contributed by atoms with E-state index in [9.17, 15) is 9.59 Å². The first-order chi connectivity index (χ1) is 15.9. The average Bonchev–Trinajstić information content (AvgIpc) is 3.12. The van der Waals surface area contributed by atoms with Gasteiger partial charge < -0.3 is 20.3 Å². The van der Waals surface area contributed by atoms with Gasteiger partial charge in [0, 0.05) is 30.4 Å². The van der Waals surface area contributed by atoms with E-state index in [2.05, 4.69) is 9.97 Å². The minimum atomic E-state index is -0.527. The number of halogens is 2. The third-order valence-corrected chi connectivity index (χ3v) is 7.46. The van der Waals surface area contributed by atoms with Gasteiger partial charge >= 0.3 is 0 Å². The van der Waals surface area contributed by atoms with Gasteiger partial charge in [-0.25, -0.2) is 9.97 Å². The van der Waals surface area contributed by atoms with Crippen LogP contribution in [0.1, 0.15) is 25.3 Å². The number of carbonyl (C=O) groups excluding carboxylic acids is 2. The van der Waals surface area contributed by atoms with Gasteiger partial charge in [0.15, 0.2) is 11.7 Å². The van der Waals surface area contributed by atoms with Crippen LogP contribution in [0.3, 0.4) is 0 Å². The van der Waals surface area contributed by atoms with Crippen molar-refractivity contribution in [3.8, 4) is 5.06 Å². The Morgan fingerprint density at radius 1 is 1.30 bits per heavy atom. The molecule has 1 atom stereocenters. The monoisotopic (exact) mass is 507 g/mol. The van der Waals surface area contributed by atoms with Gasteiger partial charge in [-0.05, 0) is 24.1 Å². The van der Waals surface area contributed by atoms with Crippen molar-refractivity contribution < 1.29 is 14.3 Å². The van der Waals surface area contributed by atoms with E-state index in [4.69, 9.17) is 33.7 Å². The van der Waals surface area contributed by atoms with Crippen LogP contribution in [0.15, 0.2) is 29.9 Å². The minimum absolute atomic E-state index is 0.0732. The highest BCUT2D eigenvalue weighted by Crippen LogP contribution is 2.38. The lowest BCUT2D eigenvalue weighted by atomic mass is 10.0. The summed E-state index contributed by atoms with van der Waals surface area (Å²) in [6.07, 6.45) is 2.77. The molecule has 1 fully saturated rings. The van der Waals surface area contributed by atoms with Crippen molar-refractivity contribution in [2.24, 2.45) is 0 Å². The Hall–Kier alpha value is -2.62. The Balaban J connectivity index is 1.44. The number of rotatable bonds is 7. The lowest BCUT2D eigenvalue weighted by Crippen LogP contribution is -2.59. The number of fused-ring (bicyclic) bond motifs is 1. The average molecular weight is 508 g/mol. The topological polar surface area (TPSA) is 102 Å². The number of carbonyl (C=O) groups is 2. The van der Waals surface area contributed by atoms with Crippen LogP contribution in [0.25, 0.3) is 10.9 Å². The molecule has 0 saturated carbocycles. The number of anilines is 1. The van der Waals surface area contributed by atoms with Crippen molar-refractivity contribution in [2.45, 2.75) is 32.4 Å². The molecule has 33 heavy (non-hydrogen) atoms. The summed E-state index contributed by atoms with van der Waals surface area (Å²) in [5, 5.41) is 3.51. The van der Waals surface area contributed by atoms with E-state index in [1.807, 2.05) is 25.1 Å². The molecule has 1 aliphatic rings. The second-order valence-electron chi connectivity index (χ2n) is 7.74. The molecule has 1 unspecified atom stereocenters. The standard InChI is InChI=1S/C22H23Cl2N5O3S/c1-2-3-17-21(31)28(9-13-4-5-14-16(8-13)26-12-27-20(14)25)6-7-29(17)18(30)10-32-22-19(24)15(23)11-33-22/h4-5,8,11-12,17H,2-3,6-7,9-10H2,1H3,(H2,25,26,27).